The number of aromatic nitrogens is 2. The van der Waals surface area contributed by atoms with Crippen molar-refractivity contribution in [2.45, 2.75) is 44.9 Å². The fourth-order valence-corrected chi connectivity index (χ4v) is 4.36. The Balaban J connectivity index is 1.71. The van der Waals surface area contributed by atoms with Crippen molar-refractivity contribution in [3.63, 3.8) is 0 Å². The molecule has 10 heteroatoms. The molecular weight excluding hydrogens is 440 g/mol. The molecule has 184 valence electrons. The van der Waals surface area contributed by atoms with E-state index in [0.717, 1.165) is 32.1 Å². The molecule has 1 aliphatic carbocycles. The van der Waals surface area contributed by atoms with Crippen LogP contribution in [0.15, 0.2) is 24.3 Å². The summed E-state index contributed by atoms with van der Waals surface area (Å²) in [6.45, 7) is 0. The van der Waals surface area contributed by atoms with Crippen LogP contribution in [-0.4, -0.2) is 50.2 Å². The summed E-state index contributed by atoms with van der Waals surface area (Å²) in [6, 6.07) is 6.67. The van der Waals surface area contributed by atoms with Crippen LogP contribution in [0.2, 0.25) is 0 Å². The number of anilines is 2. The summed E-state index contributed by atoms with van der Waals surface area (Å²) < 4.78 is 20.8. The number of methoxy groups -OCH3 is 4. The van der Waals surface area contributed by atoms with E-state index >= 15 is 0 Å². The van der Waals surface area contributed by atoms with E-state index in [0.29, 0.717) is 23.1 Å². The van der Waals surface area contributed by atoms with Gasteiger partial charge in [-0.1, -0.05) is 19.3 Å². The highest BCUT2D eigenvalue weighted by Crippen LogP contribution is 2.43. The molecular formula is C24H32N4O6. The quantitative estimate of drug-likeness (QED) is 0.535. The average molecular weight is 473 g/mol. The van der Waals surface area contributed by atoms with Gasteiger partial charge in [-0.15, -0.1) is 0 Å². The molecule has 0 unspecified atom stereocenters. The Morgan fingerprint density at radius 2 is 1.18 bits per heavy atom. The van der Waals surface area contributed by atoms with Crippen LogP contribution in [0.5, 0.6) is 23.5 Å². The van der Waals surface area contributed by atoms with Crippen molar-refractivity contribution in [2.24, 2.45) is 5.41 Å². The van der Waals surface area contributed by atoms with E-state index in [4.69, 9.17) is 18.9 Å². The fourth-order valence-electron chi connectivity index (χ4n) is 4.36. The molecule has 3 rings (SSSR count). The molecule has 0 radical (unpaired) electrons. The molecule has 34 heavy (non-hydrogen) atoms. The Kier molecular flexibility index (Phi) is 8.50. The minimum atomic E-state index is -0.438. The summed E-state index contributed by atoms with van der Waals surface area (Å²) in [5.41, 5.74) is 0.475. The van der Waals surface area contributed by atoms with Gasteiger partial charge in [0, 0.05) is 25.0 Å². The summed E-state index contributed by atoms with van der Waals surface area (Å²) in [5, 5.41) is 5.76. The highest BCUT2D eigenvalue weighted by molar-refractivity contribution is 5.95. The predicted molar refractivity (Wildman–Crippen MR) is 127 cm³/mol. The number of nitrogens with zero attached hydrogens (tertiary/aromatic N) is 2. The summed E-state index contributed by atoms with van der Waals surface area (Å²) in [4.78, 5) is 34.4. The normalized spacial score (nSPS) is 14.6. The molecule has 0 bridgehead atoms. The number of hydrogen-bond acceptors (Lipinski definition) is 8. The van der Waals surface area contributed by atoms with Gasteiger partial charge < -0.3 is 29.6 Å². The van der Waals surface area contributed by atoms with Crippen molar-refractivity contribution < 1.29 is 28.5 Å². The second-order valence-corrected chi connectivity index (χ2v) is 8.33. The fraction of sp³-hybridized carbons (Fsp3) is 0.500. The molecule has 1 saturated carbocycles. The van der Waals surface area contributed by atoms with Crippen LogP contribution in [-0.2, 0) is 9.59 Å². The number of rotatable bonds is 10. The van der Waals surface area contributed by atoms with Gasteiger partial charge in [-0.2, -0.15) is 9.97 Å². The molecule has 2 aromatic heterocycles. The monoisotopic (exact) mass is 472 g/mol. The molecule has 0 atom stereocenters. The third-order valence-corrected chi connectivity index (χ3v) is 6.01. The van der Waals surface area contributed by atoms with Crippen molar-refractivity contribution in [2.75, 3.05) is 39.1 Å². The minimum absolute atomic E-state index is 0.191. The predicted octanol–water partition coefficient (Wildman–Crippen LogP) is 3.82. The Hall–Kier alpha value is -3.56. The molecule has 0 saturated heterocycles. The number of carbonyl (C=O) groups excluding carboxylic acids is 2. The lowest BCUT2D eigenvalue weighted by Crippen LogP contribution is -2.34. The van der Waals surface area contributed by atoms with Gasteiger partial charge in [0.2, 0.25) is 35.3 Å². The Morgan fingerprint density at radius 1 is 0.735 bits per heavy atom. The van der Waals surface area contributed by atoms with Crippen molar-refractivity contribution in [1.29, 1.82) is 0 Å². The number of carbonyl (C=O) groups is 2. The third-order valence-electron chi connectivity index (χ3n) is 6.01. The number of hydrogen-bond donors (Lipinski definition) is 2. The smallest absolute Gasteiger partial charge is 0.240 e. The standard InChI is InChI=1S/C24H32N4O6/c1-31-20-10-8-16(22(27-20)33-3)25-18(29)14-24(12-6-5-7-13-24)15-19(30)26-17-9-11-21(32-2)28-23(17)34-4/h8-11H,5-7,12-15H2,1-4H3,(H,25,29)(H,26,30). The van der Waals surface area contributed by atoms with Crippen LogP contribution < -0.4 is 29.6 Å². The number of ether oxygens (including phenoxy) is 4. The summed E-state index contributed by atoms with van der Waals surface area (Å²) in [6.07, 6.45) is 5.06. The van der Waals surface area contributed by atoms with Crippen molar-refractivity contribution in [1.82, 2.24) is 9.97 Å². The van der Waals surface area contributed by atoms with Gasteiger partial charge >= 0.3 is 0 Å². The van der Waals surface area contributed by atoms with E-state index in [1.807, 2.05) is 0 Å². The molecule has 10 nitrogen and oxygen atoms in total. The van der Waals surface area contributed by atoms with E-state index in [1.165, 1.54) is 28.4 Å². The highest BCUT2D eigenvalue weighted by Gasteiger charge is 2.37. The van der Waals surface area contributed by atoms with E-state index in [1.54, 1.807) is 24.3 Å². The first kappa shape index (κ1) is 25.1. The molecule has 2 heterocycles. The van der Waals surface area contributed by atoms with E-state index in [9.17, 15) is 9.59 Å². The van der Waals surface area contributed by atoms with Crippen LogP contribution in [0.3, 0.4) is 0 Å². The largest absolute Gasteiger partial charge is 0.481 e. The lowest BCUT2D eigenvalue weighted by Gasteiger charge is -2.36. The Labute approximate surface area is 199 Å². The number of nitrogens with one attached hydrogen (secondary N) is 2. The SMILES string of the molecule is COc1ccc(NC(=O)CC2(CC(=O)Nc3ccc(OC)nc3OC)CCCCC2)c(OC)n1. The molecule has 1 fully saturated rings. The molecule has 2 amide bonds. The second-order valence-electron chi connectivity index (χ2n) is 8.33. The van der Waals surface area contributed by atoms with Gasteiger partial charge in [0.05, 0.1) is 28.4 Å². The van der Waals surface area contributed by atoms with Crippen molar-refractivity contribution >= 4 is 23.2 Å². The van der Waals surface area contributed by atoms with Crippen LogP contribution in [0, 0.1) is 5.41 Å². The molecule has 0 aliphatic heterocycles. The van der Waals surface area contributed by atoms with Gasteiger partial charge in [-0.3, -0.25) is 9.59 Å². The summed E-state index contributed by atoms with van der Waals surface area (Å²) in [7, 11) is 5.98. The lowest BCUT2D eigenvalue weighted by atomic mass is 9.69. The van der Waals surface area contributed by atoms with E-state index < -0.39 is 5.41 Å². The molecule has 1 aliphatic rings. The molecule has 0 aromatic carbocycles. The maximum absolute atomic E-state index is 13.0. The summed E-state index contributed by atoms with van der Waals surface area (Å²) >= 11 is 0. The maximum Gasteiger partial charge on any atom is 0.240 e. The zero-order chi connectivity index (χ0) is 24.6. The first-order valence-electron chi connectivity index (χ1n) is 11.2. The number of amides is 2. The van der Waals surface area contributed by atoms with Gasteiger partial charge in [0.1, 0.15) is 11.4 Å². The van der Waals surface area contributed by atoms with Crippen LogP contribution in [0.25, 0.3) is 0 Å². The van der Waals surface area contributed by atoms with E-state index in [-0.39, 0.29) is 36.4 Å². The van der Waals surface area contributed by atoms with Gasteiger partial charge in [-0.25, -0.2) is 0 Å². The second kappa shape index (κ2) is 11.5. The zero-order valence-electron chi connectivity index (χ0n) is 20.1. The topological polar surface area (TPSA) is 121 Å². The third kappa shape index (κ3) is 6.27. The molecule has 2 N–H and O–H groups in total. The van der Waals surface area contributed by atoms with Gasteiger partial charge in [-0.05, 0) is 30.4 Å². The van der Waals surface area contributed by atoms with Crippen LogP contribution in [0.4, 0.5) is 11.4 Å². The van der Waals surface area contributed by atoms with E-state index in [2.05, 4.69) is 20.6 Å². The van der Waals surface area contributed by atoms with Crippen molar-refractivity contribution in [3.8, 4) is 23.5 Å². The van der Waals surface area contributed by atoms with Gasteiger partial charge in [0.25, 0.3) is 0 Å². The minimum Gasteiger partial charge on any atom is -0.481 e. The van der Waals surface area contributed by atoms with Crippen LogP contribution in [0.1, 0.15) is 44.9 Å². The Morgan fingerprint density at radius 3 is 1.56 bits per heavy atom. The average Bonchev–Trinajstić information content (AvgIpc) is 2.84. The Bertz CT molecular complexity index is 933. The highest BCUT2D eigenvalue weighted by atomic mass is 16.5. The molecule has 2 aromatic rings. The lowest BCUT2D eigenvalue weighted by molar-refractivity contribution is -0.122. The first-order valence-corrected chi connectivity index (χ1v) is 11.2. The van der Waals surface area contributed by atoms with Crippen LogP contribution >= 0.6 is 0 Å². The number of pyridine rings is 2. The zero-order valence-corrected chi connectivity index (χ0v) is 20.1. The molecule has 0 spiro atoms. The first-order chi connectivity index (χ1) is 16.4. The van der Waals surface area contributed by atoms with Crippen molar-refractivity contribution in [3.05, 3.63) is 24.3 Å². The maximum atomic E-state index is 13.0. The van der Waals surface area contributed by atoms with Gasteiger partial charge in [0.15, 0.2) is 0 Å². The summed E-state index contributed by atoms with van der Waals surface area (Å²) in [5.74, 6) is 0.925.